The lowest BCUT2D eigenvalue weighted by atomic mass is 10.1. The van der Waals surface area contributed by atoms with Crippen LogP contribution in [0.15, 0.2) is 18.2 Å². The molecule has 0 aliphatic carbocycles. The minimum atomic E-state index is -0.768. The van der Waals surface area contributed by atoms with Crippen LogP contribution in [0, 0.1) is 11.6 Å². The SMILES string of the molecule is O=C(CN1CCC(N2CCCC2)C1)c1ccc(F)cc1F. The molecule has 0 spiro atoms. The number of ketones is 1. The number of rotatable bonds is 4. The molecule has 2 heterocycles. The summed E-state index contributed by atoms with van der Waals surface area (Å²) in [5, 5.41) is 0. The van der Waals surface area contributed by atoms with E-state index in [9.17, 15) is 13.6 Å². The van der Waals surface area contributed by atoms with Crippen molar-refractivity contribution in [3.05, 3.63) is 35.4 Å². The van der Waals surface area contributed by atoms with Crippen LogP contribution in [-0.2, 0) is 0 Å². The van der Waals surface area contributed by atoms with E-state index >= 15 is 0 Å². The van der Waals surface area contributed by atoms with Crippen LogP contribution in [0.25, 0.3) is 0 Å². The van der Waals surface area contributed by atoms with E-state index in [4.69, 9.17) is 0 Å². The summed E-state index contributed by atoms with van der Waals surface area (Å²) in [6.07, 6.45) is 3.59. The molecule has 0 bridgehead atoms. The minimum Gasteiger partial charge on any atom is -0.299 e. The molecule has 3 rings (SSSR count). The third-order valence-electron chi connectivity index (χ3n) is 4.50. The van der Waals surface area contributed by atoms with Crippen LogP contribution in [0.4, 0.5) is 8.78 Å². The summed E-state index contributed by atoms with van der Waals surface area (Å²) in [5.74, 6) is -1.69. The fourth-order valence-electron chi connectivity index (χ4n) is 3.36. The molecule has 0 aromatic heterocycles. The molecule has 0 saturated carbocycles. The Morgan fingerprint density at radius 2 is 1.95 bits per heavy atom. The topological polar surface area (TPSA) is 23.6 Å². The Balaban J connectivity index is 1.58. The van der Waals surface area contributed by atoms with Crippen molar-refractivity contribution < 1.29 is 13.6 Å². The maximum atomic E-state index is 13.6. The summed E-state index contributed by atoms with van der Waals surface area (Å²) in [7, 11) is 0. The Kier molecular flexibility index (Phi) is 4.31. The highest BCUT2D eigenvalue weighted by Gasteiger charge is 2.30. The molecule has 0 N–H and O–H groups in total. The van der Waals surface area contributed by atoms with Gasteiger partial charge in [-0.05, 0) is 44.5 Å². The Morgan fingerprint density at radius 1 is 1.19 bits per heavy atom. The molecule has 2 fully saturated rings. The highest BCUT2D eigenvalue weighted by Crippen LogP contribution is 2.21. The molecular weight excluding hydrogens is 274 g/mol. The van der Waals surface area contributed by atoms with Crippen molar-refractivity contribution in [2.45, 2.75) is 25.3 Å². The fourth-order valence-corrected chi connectivity index (χ4v) is 3.36. The molecule has 1 aromatic rings. The quantitative estimate of drug-likeness (QED) is 0.796. The van der Waals surface area contributed by atoms with Gasteiger partial charge in [-0.15, -0.1) is 0 Å². The van der Waals surface area contributed by atoms with Gasteiger partial charge in [0.15, 0.2) is 5.78 Å². The summed E-state index contributed by atoms with van der Waals surface area (Å²) in [4.78, 5) is 16.7. The van der Waals surface area contributed by atoms with Crippen molar-refractivity contribution in [1.29, 1.82) is 0 Å². The molecule has 2 aliphatic rings. The van der Waals surface area contributed by atoms with Gasteiger partial charge in [0.25, 0.3) is 0 Å². The normalized spacial score (nSPS) is 23.8. The van der Waals surface area contributed by atoms with Crippen molar-refractivity contribution >= 4 is 5.78 Å². The molecule has 1 aromatic carbocycles. The van der Waals surface area contributed by atoms with Gasteiger partial charge >= 0.3 is 0 Å². The molecule has 0 radical (unpaired) electrons. The Labute approximate surface area is 123 Å². The summed E-state index contributed by atoms with van der Waals surface area (Å²) < 4.78 is 26.5. The second-order valence-corrected chi connectivity index (χ2v) is 5.97. The number of hydrogen-bond acceptors (Lipinski definition) is 3. The number of carbonyl (C=O) groups is 1. The van der Waals surface area contributed by atoms with Crippen molar-refractivity contribution in [3.8, 4) is 0 Å². The number of nitrogens with zero attached hydrogens (tertiary/aromatic N) is 2. The maximum absolute atomic E-state index is 13.6. The Hall–Kier alpha value is -1.33. The first kappa shape index (κ1) is 14.6. The molecule has 2 aliphatic heterocycles. The van der Waals surface area contributed by atoms with Gasteiger partial charge in [0.1, 0.15) is 11.6 Å². The van der Waals surface area contributed by atoms with Crippen molar-refractivity contribution in [2.24, 2.45) is 0 Å². The molecule has 3 nitrogen and oxygen atoms in total. The summed E-state index contributed by atoms with van der Waals surface area (Å²) in [5.41, 5.74) is -0.0129. The van der Waals surface area contributed by atoms with E-state index in [1.165, 1.54) is 18.9 Å². The second kappa shape index (κ2) is 6.20. The van der Waals surface area contributed by atoms with Gasteiger partial charge < -0.3 is 0 Å². The smallest absolute Gasteiger partial charge is 0.179 e. The van der Waals surface area contributed by atoms with Crippen molar-refractivity contribution in [2.75, 3.05) is 32.7 Å². The standard InChI is InChI=1S/C16H20F2N2O/c17-12-3-4-14(15(18)9-12)16(21)11-19-8-5-13(10-19)20-6-1-2-7-20/h3-4,9,13H,1-2,5-8,10-11H2. The lowest BCUT2D eigenvalue weighted by molar-refractivity contribution is 0.0936. The molecule has 5 heteroatoms. The monoisotopic (exact) mass is 294 g/mol. The van der Waals surface area contributed by atoms with Gasteiger partial charge in [-0.3, -0.25) is 14.6 Å². The number of carbonyl (C=O) groups excluding carboxylic acids is 1. The molecule has 0 amide bonds. The first-order valence-corrected chi connectivity index (χ1v) is 7.58. The largest absolute Gasteiger partial charge is 0.299 e. The van der Waals surface area contributed by atoms with E-state index in [1.807, 2.05) is 0 Å². The average Bonchev–Trinajstić information content (AvgIpc) is 3.08. The van der Waals surface area contributed by atoms with E-state index < -0.39 is 11.6 Å². The van der Waals surface area contributed by atoms with Crippen LogP contribution in [0.1, 0.15) is 29.6 Å². The molecule has 114 valence electrons. The highest BCUT2D eigenvalue weighted by atomic mass is 19.1. The summed E-state index contributed by atoms with van der Waals surface area (Å²) in [6.45, 7) is 4.26. The molecule has 1 unspecified atom stereocenters. The maximum Gasteiger partial charge on any atom is 0.179 e. The zero-order valence-corrected chi connectivity index (χ0v) is 12.0. The van der Waals surface area contributed by atoms with E-state index in [0.29, 0.717) is 6.04 Å². The zero-order valence-electron chi connectivity index (χ0n) is 12.0. The number of halogens is 2. The van der Waals surface area contributed by atoms with Crippen molar-refractivity contribution in [1.82, 2.24) is 9.80 Å². The Bertz CT molecular complexity index is 529. The first-order chi connectivity index (χ1) is 10.1. The van der Waals surface area contributed by atoms with Gasteiger partial charge in [0.05, 0.1) is 12.1 Å². The molecule has 21 heavy (non-hydrogen) atoms. The van der Waals surface area contributed by atoms with Gasteiger partial charge in [-0.25, -0.2) is 8.78 Å². The van der Waals surface area contributed by atoms with Crippen LogP contribution in [0.3, 0.4) is 0 Å². The Morgan fingerprint density at radius 3 is 2.67 bits per heavy atom. The van der Waals surface area contributed by atoms with Gasteiger partial charge in [-0.2, -0.15) is 0 Å². The van der Waals surface area contributed by atoms with Crippen LogP contribution in [0.2, 0.25) is 0 Å². The predicted molar refractivity (Wildman–Crippen MR) is 76.3 cm³/mol. The molecular formula is C16H20F2N2O. The van der Waals surface area contributed by atoms with Crippen LogP contribution in [-0.4, -0.2) is 54.3 Å². The van der Waals surface area contributed by atoms with Gasteiger partial charge in [0.2, 0.25) is 0 Å². The summed E-state index contributed by atoms with van der Waals surface area (Å²) >= 11 is 0. The zero-order chi connectivity index (χ0) is 14.8. The molecule has 2 saturated heterocycles. The van der Waals surface area contributed by atoms with Crippen LogP contribution in [0.5, 0.6) is 0 Å². The predicted octanol–water partition coefficient (Wildman–Crippen LogP) is 2.32. The summed E-state index contributed by atoms with van der Waals surface area (Å²) in [6, 6.07) is 3.66. The fraction of sp³-hybridized carbons (Fsp3) is 0.562. The number of benzene rings is 1. The van der Waals surface area contributed by atoms with E-state index in [-0.39, 0.29) is 17.9 Å². The van der Waals surface area contributed by atoms with Gasteiger partial charge in [0, 0.05) is 25.2 Å². The average molecular weight is 294 g/mol. The van der Waals surface area contributed by atoms with E-state index in [1.54, 1.807) is 0 Å². The lowest BCUT2D eigenvalue weighted by Crippen LogP contribution is -2.36. The van der Waals surface area contributed by atoms with E-state index in [2.05, 4.69) is 9.80 Å². The van der Waals surface area contributed by atoms with Crippen LogP contribution >= 0.6 is 0 Å². The minimum absolute atomic E-state index is 0.0129. The van der Waals surface area contributed by atoms with E-state index in [0.717, 1.165) is 44.7 Å². The first-order valence-electron chi connectivity index (χ1n) is 7.58. The number of likely N-dealkylation sites (tertiary alicyclic amines) is 2. The number of hydrogen-bond donors (Lipinski definition) is 0. The number of Topliss-reactive ketones (excluding diaryl/α,β-unsaturated/α-hetero) is 1. The lowest BCUT2D eigenvalue weighted by Gasteiger charge is -2.23. The third kappa shape index (κ3) is 3.30. The van der Waals surface area contributed by atoms with Gasteiger partial charge in [-0.1, -0.05) is 0 Å². The van der Waals surface area contributed by atoms with Crippen LogP contribution < -0.4 is 0 Å². The third-order valence-corrected chi connectivity index (χ3v) is 4.50. The molecule has 1 atom stereocenters. The second-order valence-electron chi connectivity index (χ2n) is 5.97. The highest BCUT2D eigenvalue weighted by molar-refractivity contribution is 5.97. The van der Waals surface area contributed by atoms with Crippen molar-refractivity contribution in [3.63, 3.8) is 0 Å².